The Bertz CT molecular complexity index is 830. The molecule has 0 spiro atoms. The van der Waals surface area contributed by atoms with Gasteiger partial charge < -0.3 is 78.3 Å². The molecule has 0 radical (unpaired) electrons. The highest BCUT2D eigenvalue weighted by Crippen LogP contribution is 2.30. The average molecular weight is 622 g/mol. The van der Waals surface area contributed by atoms with E-state index >= 15 is 0 Å². The van der Waals surface area contributed by atoms with Gasteiger partial charge in [-0.3, -0.25) is 4.79 Å². The zero-order valence-corrected chi connectivity index (χ0v) is 25.3. The van der Waals surface area contributed by atoms with Gasteiger partial charge in [-0.15, -0.1) is 0 Å². The molecule has 1 heterocycles. The van der Waals surface area contributed by atoms with Crippen molar-refractivity contribution in [3.05, 3.63) is 11.8 Å². The number of aliphatic hydroxyl groups excluding tert-OH is 4. The third-order valence-corrected chi connectivity index (χ3v) is 7.72. The summed E-state index contributed by atoms with van der Waals surface area (Å²) in [5.74, 6) is -0.174. The van der Waals surface area contributed by atoms with E-state index in [4.69, 9.17) is 41.9 Å². The summed E-state index contributed by atoms with van der Waals surface area (Å²) in [5.41, 5.74) is 23.5. The Morgan fingerprint density at radius 3 is 2.53 bits per heavy atom. The molecule has 2 aliphatic rings. The van der Waals surface area contributed by atoms with Gasteiger partial charge in [0.15, 0.2) is 6.29 Å². The van der Waals surface area contributed by atoms with Crippen LogP contribution in [0.2, 0.25) is 0 Å². The van der Waals surface area contributed by atoms with Crippen LogP contribution in [-0.2, 0) is 23.7 Å². The Kier molecular flexibility index (Phi) is 17.3. The fourth-order valence-corrected chi connectivity index (χ4v) is 5.05. The number of likely N-dealkylation sites (N-methyl/N-ethyl adjacent to an activating group) is 1. The maximum absolute atomic E-state index is 12.8. The predicted octanol–water partition coefficient (Wildman–Crippen LogP) is -4.37. The molecule has 0 aromatic heterocycles. The number of carbonyl (C=O) groups excluding carboxylic acids is 1. The van der Waals surface area contributed by atoms with Gasteiger partial charge in [-0.2, -0.15) is 0 Å². The van der Waals surface area contributed by atoms with Crippen LogP contribution >= 0.6 is 0 Å². The van der Waals surface area contributed by atoms with E-state index in [0.717, 1.165) is 12.8 Å². The Hall–Kier alpha value is -1.51. The number of amides is 1. The van der Waals surface area contributed by atoms with E-state index < -0.39 is 67.1 Å². The van der Waals surface area contributed by atoms with Crippen molar-refractivity contribution >= 4 is 5.91 Å². The van der Waals surface area contributed by atoms with Crippen molar-refractivity contribution in [3.63, 3.8) is 0 Å². The number of unbranched alkanes of at least 4 members (excludes halogenated alkanes) is 1. The van der Waals surface area contributed by atoms with E-state index in [9.17, 15) is 25.2 Å². The van der Waals surface area contributed by atoms with E-state index in [0.29, 0.717) is 25.3 Å². The second kappa shape index (κ2) is 19.8. The highest BCUT2D eigenvalue weighted by molar-refractivity contribution is 5.80. The Morgan fingerprint density at radius 1 is 1.16 bits per heavy atom. The van der Waals surface area contributed by atoms with Crippen LogP contribution in [0.3, 0.4) is 0 Å². The van der Waals surface area contributed by atoms with Gasteiger partial charge in [0.1, 0.15) is 36.3 Å². The molecule has 2 rings (SSSR count). The van der Waals surface area contributed by atoms with Crippen LogP contribution in [0.25, 0.3) is 0 Å². The van der Waals surface area contributed by atoms with Crippen molar-refractivity contribution in [1.82, 2.24) is 16.0 Å². The molecule has 1 aliphatic carbocycles. The topological polar surface area (TPSA) is 275 Å². The second-order valence-electron chi connectivity index (χ2n) is 11.0. The van der Waals surface area contributed by atoms with Crippen molar-refractivity contribution in [2.45, 2.75) is 106 Å². The molecule has 43 heavy (non-hydrogen) atoms. The first-order chi connectivity index (χ1) is 20.6. The lowest BCUT2D eigenvalue weighted by molar-refractivity contribution is -0.273. The van der Waals surface area contributed by atoms with Gasteiger partial charge >= 0.3 is 0 Å². The minimum absolute atomic E-state index is 0.0285. The van der Waals surface area contributed by atoms with E-state index in [2.05, 4.69) is 16.0 Å². The van der Waals surface area contributed by atoms with E-state index in [-0.39, 0.29) is 45.2 Å². The molecule has 1 fully saturated rings. The molecule has 1 aliphatic heterocycles. The van der Waals surface area contributed by atoms with Crippen LogP contribution in [0.15, 0.2) is 11.8 Å². The zero-order chi connectivity index (χ0) is 31.9. The second-order valence-corrected chi connectivity index (χ2v) is 11.0. The SMILES string of the molecule is CN[C@@H](C)[C@@H](O)[C@H](OCCO)O[C@@H]1[C@@H](O)[C@H](O[C@H]2OC(CN)=CC[C@H]2NCCCCN)[C@@H](N)C[C@H]1NC(=O)[C@@H](O)CCN. The first kappa shape index (κ1) is 37.7. The first-order valence-electron chi connectivity index (χ1n) is 15.1. The number of hydrogen-bond acceptors (Lipinski definition) is 15. The molecule has 16 nitrogen and oxygen atoms in total. The van der Waals surface area contributed by atoms with Gasteiger partial charge in [0.2, 0.25) is 12.2 Å². The minimum Gasteiger partial charge on any atom is -0.467 e. The molecule has 11 atom stereocenters. The normalized spacial score (nSPS) is 30.6. The lowest BCUT2D eigenvalue weighted by Crippen LogP contribution is -2.67. The van der Waals surface area contributed by atoms with Gasteiger partial charge in [-0.25, -0.2) is 0 Å². The fourth-order valence-electron chi connectivity index (χ4n) is 5.05. The number of rotatable bonds is 20. The molecular formula is C27H55N7O9. The number of nitrogens with one attached hydrogen (secondary N) is 3. The standard InChI is InChI=1S/C27H55N7O9/c1-15(32-2)21(37)27(40-12-11-35)43-24-19(34-25(39)20(36)7-9-29)13-17(31)23(22(24)38)42-26-18(33-10-4-3-8-28)6-5-16(14-30)41-26/h5,15,17-24,26-27,32-33,35-38H,3-4,6-14,28-31H2,1-2H3,(H,34,39)/t15-,17-,18+,19+,20-,21+,22-,23+,24-,26+,27+/m0/s1. The smallest absolute Gasteiger partial charge is 0.249 e. The lowest BCUT2D eigenvalue weighted by Gasteiger charge is -2.46. The number of aliphatic hydroxyl groups is 4. The average Bonchev–Trinajstić information content (AvgIpc) is 3.00. The van der Waals surface area contributed by atoms with Gasteiger partial charge in [-0.1, -0.05) is 0 Å². The summed E-state index contributed by atoms with van der Waals surface area (Å²) < 4.78 is 24.1. The Labute approximate surface area is 253 Å². The summed E-state index contributed by atoms with van der Waals surface area (Å²) in [4.78, 5) is 12.8. The molecule has 0 aromatic rings. The van der Waals surface area contributed by atoms with Crippen LogP contribution in [0.5, 0.6) is 0 Å². The molecule has 1 saturated carbocycles. The van der Waals surface area contributed by atoms with Crippen molar-refractivity contribution < 1.29 is 44.2 Å². The van der Waals surface area contributed by atoms with Crippen molar-refractivity contribution in [2.75, 3.05) is 46.4 Å². The summed E-state index contributed by atoms with van der Waals surface area (Å²) >= 11 is 0. The summed E-state index contributed by atoms with van der Waals surface area (Å²) in [5, 5.41) is 51.2. The molecule has 0 saturated heterocycles. The summed E-state index contributed by atoms with van der Waals surface area (Å²) in [6, 6.07) is -2.46. The minimum atomic E-state index is -1.44. The molecule has 1 amide bonds. The largest absolute Gasteiger partial charge is 0.467 e. The third kappa shape index (κ3) is 11.4. The van der Waals surface area contributed by atoms with E-state index in [1.807, 2.05) is 6.08 Å². The van der Waals surface area contributed by atoms with E-state index in [1.54, 1.807) is 14.0 Å². The summed E-state index contributed by atoms with van der Waals surface area (Å²) in [6.07, 6.45) is -4.16. The van der Waals surface area contributed by atoms with Gasteiger partial charge in [-0.05, 0) is 71.8 Å². The Morgan fingerprint density at radius 2 is 1.91 bits per heavy atom. The van der Waals surface area contributed by atoms with Gasteiger partial charge in [0.05, 0.1) is 31.8 Å². The molecule has 15 N–H and O–H groups in total. The number of hydrogen-bond donors (Lipinski definition) is 11. The molecule has 0 unspecified atom stereocenters. The monoisotopic (exact) mass is 621 g/mol. The first-order valence-corrected chi connectivity index (χ1v) is 15.1. The van der Waals surface area contributed by atoms with Crippen molar-refractivity contribution in [2.24, 2.45) is 22.9 Å². The van der Waals surface area contributed by atoms with Crippen molar-refractivity contribution in [1.29, 1.82) is 0 Å². The number of nitrogens with two attached hydrogens (primary N) is 4. The van der Waals surface area contributed by atoms with Gasteiger partial charge in [0.25, 0.3) is 0 Å². The lowest BCUT2D eigenvalue weighted by atomic mass is 9.83. The van der Waals surface area contributed by atoms with Crippen LogP contribution in [0.1, 0.15) is 39.0 Å². The molecule has 0 aromatic carbocycles. The van der Waals surface area contributed by atoms with E-state index in [1.165, 1.54) is 0 Å². The zero-order valence-electron chi connectivity index (χ0n) is 25.3. The van der Waals surface area contributed by atoms with Crippen LogP contribution in [-0.4, -0.2) is 140 Å². The van der Waals surface area contributed by atoms with Gasteiger partial charge in [0, 0.05) is 12.1 Å². The highest BCUT2D eigenvalue weighted by Gasteiger charge is 2.49. The van der Waals surface area contributed by atoms with Crippen LogP contribution in [0.4, 0.5) is 0 Å². The van der Waals surface area contributed by atoms with Crippen LogP contribution in [0, 0.1) is 0 Å². The number of carbonyl (C=O) groups is 1. The molecular weight excluding hydrogens is 566 g/mol. The maximum atomic E-state index is 12.8. The molecule has 0 bridgehead atoms. The fraction of sp³-hybridized carbons (Fsp3) is 0.889. The van der Waals surface area contributed by atoms with Crippen molar-refractivity contribution in [3.8, 4) is 0 Å². The predicted molar refractivity (Wildman–Crippen MR) is 158 cm³/mol. The highest BCUT2D eigenvalue weighted by atomic mass is 16.7. The van der Waals surface area contributed by atoms with Crippen LogP contribution < -0.4 is 38.9 Å². The maximum Gasteiger partial charge on any atom is 0.249 e. The molecule has 252 valence electrons. The Balaban J connectivity index is 2.33. The summed E-state index contributed by atoms with van der Waals surface area (Å²) in [6.45, 7) is 2.71. The third-order valence-electron chi connectivity index (χ3n) is 7.72. The number of ether oxygens (including phenoxy) is 4. The quantitative estimate of drug-likeness (QED) is 0.0452. The summed E-state index contributed by atoms with van der Waals surface area (Å²) in [7, 11) is 1.64. The molecule has 16 heteroatoms.